The summed E-state index contributed by atoms with van der Waals surface area (Å²) < 4.78 is 6.86. The van der Waals surface area contributed by atoms with Crippen molar-refractivity contribution in [1.29, 1.82) is 0 Å². The number of nitrogens with two attached hydrogens (primary N) is 1. The summed E-state index contributed by atoms with van der Waals surface area (Å²) in [5.74, 6) is 0.115. The van der Waals surface area contributed by atoms with Crippen LogP contribution in [0.5, 0.6) is 0 Å². The second-order valence-electron chi connectivity index (χ2n) is 4.67. The van der Waals surface area contributed by atoms with Crippen LogP contribution in [0, 0.1) is 0 Å². The number of halogens is 2. The van der Waals surface area contributed by atoms with Crippen molar-refractivity contribution in [2.45, 2.75) is 6.54 Å². The minimum Gasteiger partial charge on any atom is -0.368 e. The highest BCUT2D eigenvalue weighted by Gasteiger charge is 2.21. The van der Waals surface area contributed by atoms with Gasteiger partial charge in [0.2, 0.25) is 5.95 Å². The second-order valence-corrected chi connectivity index (χ2v) is 6.24. The fraction of sp³-hybridized carbons (Fsp3) is 0.0833. The van der Waals surface area contributed by atoms with Gasteiger partial charge in [-0.25, -0.2) is 4.98 Å². The number of nitrogens with zero attached hydrogens (tertiary/aromatic N) is 5. The molecule has 3 N–H and O–H groups in total. The fourth-order valence-electron chi connectivity index (χ4n) is 2.25. The zero-order valence-corrected chi connectivity index (χ0v) is 13.3. The number of nitrogens with one attached hydrogen (secondary N) is 1. The zero-order chi connectivity index (χ0) is 15.3. The lowest BCUT2D eigenvalue weighted by Crippen LogP contribution is -2.11. The molecule has 2 aromatic heterocycles. The molecule has 2 aliphatic heterocycles. The molecule has 0 aliphatic carbocycles. The van der Waals surface area contributed by atoms with Gasteiger partial charge in [0.25, 0.3) is 0 Å². The molecule has 0 fully saturated rings. The largest absolute Gasteiger partial charge is 0.368 e. The van der Waals surface area contributed by atoms with Gasteiger partial charge >= 0.3 is 0 Å². The van der Waals surface area contributed by atoms with Crippen molar-refractivity contribution < 1.29 is 0 Å². The summed E-state index contributed by atoms with van der Waals surface area (Å²) >= 11 is 13.8. The molecule has 2 aromatic rings. The maximum Gasteiger partial charge on any atom is 0.223 e. The van der Waals surface area contributed by atoms with Crippen LogP contribution in [-0.4, -0.2) is 23.8 Å². The van der Waals surface area contributed by atoms with Gasteiger partial charge in [-0.1, -0.05) is 23.2 Å². The summed E-state index contributed by atoms with van der Waals surface area (Å²) in [6.45, 7) is 0.508. The first-order valence-electron chi connectivity index (χ1n) is 6.26. The quantitative estimate of drug-likeness (QED) is 0.633. The average Bonchev–Trinajstić information content (AvgIpc) is 3.06. The zero-order valence-electron chi connectivity index (χ0n) is 11.0. The Balaban J connectivity index is 1.74. The molecule has 0 saturated heterocycles. The maximum absolute atomic E-state index is 6.35. The third-order valence-corrected chi connectivity index (χ3v) is 4.59. The molecule has 10 heteroatoms. The van der Waals surface area contributed by atoms with Crippen molar-refractivity contribution in [2.75, 3.05) is 5.73 Å². The van der Waals surface area contributed by atoms with Crippen molar-refractivity contribution >= 4 is 52.4 Å². The molecule has 0 unspecified atom stereocenters. The Kier molecular flexibility index (Phi) is 3.17. The topological polar surface area (TPSA) is 84.9 Å². The van der Waals surface area contributed by atoms with E-state index in [2.05, 4.69) is 19.7 Å². The summed E-state index contributed by atoms with van der Waals surface area (Å²) in [4.78, 5) is 12.3. The van der Waals surface area contributed by atoms with Gasteiger partial charge in [0.05, 0.1) is 35.7 Å². The van der Waals surface area contributed by atoms with E-state index < -0.39 is 0 Å². The summed E-state index contributed by atoms with van der Waals surface area (Å²) in [5, 5.41) is 0.897. The minimum atomic E-state index is 0.115. The van der Waals surface area contributed by atoms with Gasteiger partial charge in [-0.05, 0) is 11.6 Å². The Bertz CT molecular complexity index is 870. The van der Waals surface area contributed by atoms with Crippen molar-refractivity contribution in [3.8, 4) is 0 Å². The Morgan fingerprint density at radius 3 is 3.05 bits per heavy atom. The van der Waals surface area contributed by atoms with E-state index in [1.807, 2.05) is 27.3 Å². The van der Waals surface area contributed by atoms with Gasteiger partial charge in [-0.2, -0.15) is 9.97 Å². The van der Waals surface area contributed by atoms with Crippen LogP contribution in [0.2, 0.25) is 5.15 Å². The van der Waals surface area contributed by atoms with Crippen LogP contribution in [0.15, 0.2) is 41.1 Å². The van der Waals surface area contributed by atoms with Gasteiger partial charge in [0, 0.05) is 12.4 Å². The lowest BCUT2D eigenvalue weighted by molar-refractivity contribution is 0.758. The summed E-state index contributed by atoms with van der Waals surface area (Å²) in [5.41, 5.74) is 8.73. The van der Waals surface area contributed by atoms with E-state index in [1.165, 1.54) is 12.1 Å². The molecule has 4 rings (SSSR count). The Morgan fingerprint density at radius 2 is 2.18 bits per heavy atom. The van der Waals surface area contributed by atoms with Crippen molar-refractivity contribution in [1.82, 2.24) is 28.5 Å². The van der Waals surface area contributed by atoms with Crippen LogP contribution in [-0.2, 0) is 6.54 Å². The van der Waals surface area contributed by atoms with E-state index in [1.54, 1.807) is 6.33 Å². The van der Waals surface area contributed by atoms with Crippen LogP contribution in [0.3, 0.4) is 0 Å². The van der Waals surface area contributed by atoms with E-state index in [-0.39, 0.29) is 11.1 Å². The number of rotatable bonds is 2. The fourth-order valence-corrected chi connectivity index (χ4v) is 3.39. The molecule has 22 heavy (non-hydrogen) atoms. The lowest BCUT2D eigenvalue weighted by Gasteiger charge is -2.20. The Labute approximate surface area is 139 Å². The van der Waals surface area contributed by atoms with E-state index in [0.717, 1.165) is 11.3 Å². The molecule has 0 amide bonds. The number of nitrogen functional groups attached to an aromatic ring is 1. The van der Waals surface area contributed by atoms with Crippen LogP contribution in [0.4, 0.5) is 5.95 Å². The number of anilines is 1. The number of hydrogen-bond donors (Lipinski definition) is 2. The minimum absolute atomic E-state index is 0.115. The van der Waals surface area contributed by atoms with Crippen LogP contribution in [0.25, 0.3) is 11.2 Å². The van der Waals surface area contributed by atoms with E-state index in [0.29, 0.717) is 22.7 Å². The van der Waals surface area contributed by atoms with E-state index in [9.17, 15) is 0 Å². The molecular weight excluding hydrogens is 345 g/mol. The van der Waals surface area contributed by atoms with Crippen molar-refractivity contribution in [3.05, 3.63) is 46.3 Å². The highest BCUT2D eigenvalue weighted by atomic mass is 35.5. The Morgan fingerprint density at radius 1 is 1.32 bits per heavy atom. The number of allylic oxidation sites excluding steroid dienone is 3. The van der Waals surface area contributed by atoms with Crippen LogP contribution >= 0.6 is 35.3 Å². The molecule has 0 bridgehead atoms. The molecule has 4 heterocycles. The van der Waals surface area contributed by atoms with Crippen LogP contribution in [0.1, 0.15) is 0 Å². The third kappa shape index (κ3) is 2.20. The van der Waals surface area contributed by atoms with Gasteiger partial charge in [-0.3, -0.25) is 4.31 Å². The molecule has 0 saturated carbocycles. The first kappa shape index (κ1) is 13.7. The summed E-state index contributed by atoms with van der Waals surface area (Å²) in [7, 11) is 0. The third-order valence-electron chi connectivity index (χ3n) is 3.25. The molecule has 7 nitrogen and oxygen atoms in total. The highest BCUT2D eigenvalue weighted by molar-refractivity contribution is 7.95. The smallest absolute Gasteiger partial charge is 0.223 e. The molecular formula is C12H9Cl2N7S. The first-order valence-corrected chi connectivity index (χ1v) is 7.79. The van der Waals surface area contributed by atoms with Gasteiger partial charge < -0.3 is 15.0 Å². The molecule has 0 aromatic carbocycles. The van der Waals surface area contributed by atoms with Crippen molar-refractivity contribution in [3.63, 3.8) is 0 Å². The first-order chi connectivity index (χ1) is 10.6. The predicted octanol–water partition coefficient (Wildman–Crippen LogP) is 2.39. The molecule has 0 radical (unpaired) electrons. The van der Waals surface area contributed by atoms with E-state index in [4.69, 9.17) is 28.9 Å². The van der Waals surface area contributed by atoms with Crippen molar-refractivity contribution in [2.24, 2.45) is 0 Å². The summed E-state index contributed by atoms with van der Waals surface area (Å²) in [6, 6.07) is 0. The highest BCUT2D eigenvalue weighted by Crippen LogP contribution is 2.33. The average molecular weight is 354 g/mol. The van der Waals surface area contributed by atoms with Crippen LogP contribution < -0.4 is 10.5 Å². The number of hydrogen-bond acceptors (Lipinski definition) is 7. The predicted molar refractivity (Wildman–Crippen MR) is 87.4 cm³/mol. The normalized spacial score (nSPS) is 17.0. The van der Waals surface area contributed by atoms with Gasteiger partial charge in [0.15, 0.2) is 10.8 Å². The van der Waals surface area contributed by atoms with E-state index >= 15 is 0 Å². The molecule has 0 spiro atoms. The molecule has 2 aliphatic rings. The summed E-state index contributed by atoms with van der Waals surface area (Å²) in [6.07, 6.45) is 7.43. The van der Waals surface area contributed by atoms with Gasteiger partial charge in [-0.15, -0.1) is 0 Å². The standard InChI is InChI=1S/C12H9Cl2N7S/c13-8-4-21-7(2-17-22-21)1-6(8)3-20-5-16-9-10(14)18-12(15)19-11(9)20/h1-2,4-5,17H,3H2,(H2,15,18,19). The van der Waals surface area contributed by atoms with Gasteiger partial charge in [0.1, 0.15) is 5.52 Å². The molecule has 112 valence electrons. The monoisotopic (exact) mass is 353 g/mol. The SMILES string of the molecule is Nc1nc(Cl)c2ncn(CC3=CC4=CNSN4C=C3Cl)c2n1. The number of fused-ring (bicyclic) bond motifs is 2. The Hall–Kier alpha value is -1.90. The number of aromatic nitrogens is 4. The number of imidazole rings is 1. The second kappa shape index (κ2) is 5.08. The molecule has 0 atom stereocenters. The lowest BCUT2D eigenvalue weighted by atomic mass is 10.1. The maximum atomic E-state index is 6.35.